The summed E-state index contributed by atoms with van der Waals surface area (Å²) in [6.07, 6.45) is 0.520. The molecule has 0 saturated carbocycles. The van der Waals surface area contributed by atoms with Crippen LogP contribution in [0.4, 0.5) is 8.78 Å². The monoisotopic (exact) mass is 185 g/mol. The molecule has 0 aliphatic heterocycles. The van der Waals surface area contributed by atoms with E-state index in [-0.39, 0.29) is 6.04 Å². The van der Waals surface area contributed by atoms with Crippen molar-refractivity contribution in [3.05, 3.63) is 35.4 Å². The van der Waals surface area contributed by atoms with Gasteiger partial charge in [0.25, 0.3) is 0 Å². The van der Waals surface area contributed by atoms with Gasteiger partial charge in [0.1, 0.15) is 0 Å². The Hall–Kier alpha value is -1.45. The molecule has 1 amide bonds. The van der Waals surface area contributed by atoms with Gasteiger partial charge in [0.2, 0.25) is 6.41 Å². The van der Waals surface area contributed by atoms with Gasteiger partial charge in [0, 0.05) is 0 Å². The van der Waals surface area contributed by atoms with Gasteiger partial charge in [-0.2, -0.15) is 0 Å². The summed E-state index contributed by atoms with van der Waals surface area (Å²) in [5, 5.41) is 2.44. The summed E-state index contributed by atoms with van der Waals surface area (Å²) < 4.78 is 25.2. The minimum Gasteiger partial charge on any atom is -0.352 e. The molecule has 0 radical (unpaired) electrons. The summed E-state index contributed by atoms with van der Waals surface area (Å²) in [4.78, 5) is 10.1. The van der Waals surface area contributed by atoms with Crippen LogP contribution in [-0.2, 0) is 4.79 Å². The highest BCUT2D eigenvalue weighted by atomic mass is 19.2. The molecule has 1 atom stereocenters. The molecule has 0 aliphatic rings. The molecule has 0 bridgehead atoms. The Morgan fingerprint density at radius 1 is 1.38 bits per heavy atom. The van der Waals surface area contributed by atoms with Gasteiger partial charge in [0.15, 0.2) is 11.6 Å². The third-order valence-electron chi connectivity index (χ3n) is 1.76. The molecule has 0 fully saturated rings. The van der Waals surface area contributed by atoms with Crippen molar-refractivity contribution < 1.29 is 13.6 Å². The number of amides is 1. The fraction of sp³-hybridized carbons (Fsp3) is 0.222. The van der Waals surface area contributed by atoms with E-state index in [2.05, 4.69) is 5.32 Å². The molecule has 70 valence electrons. The summed E-state index contributed by atoms with van der Waals surface area (Å²) in [6, 6.07) is 3.22. The van der Waals surface area contributed by atoms with E-state index in [0.717, 1.165) is 12.1 Å². The normalized spacial score (nSPS) is 12.2. The summed E-state index contributed by atoms with van der Waals surface area (Å²) >= 11 is 0. The van der Waals surface area contributed by atoms with Gasteiger partial charge in [-0.25, -0.2) is 8.78 Å². The van der Waals surface area contributed by atoms with Crippen LogP contribution in [0.2, 0.25) is 0 Å². The fourth-order valence-electron chi connectivity index (χ4n) is 0.980. The topological polar surface area (TPSA) is 29.1 Å². The molecule has 0 spiro atoms. The van der Waals surface area contributed by atoms with Gasteiger partial charge in [-0.15, -0.1) is 0 Å². The Balaban J connectivity index is 2.89. The molecule has 0 heterocycles. The second-order valence-electron chi connectivity index (χ2n) is 2.68. The molecule has 0 unspecified atom stereocenters. The molecule has 0 aliphatic carbocycles. The third kappa shape index (κ3) is 2.24. The van der Waals surface area contributed by atoms with E-state index in [9.17, 15) is 13.6 Å². The lowest BCUT2D eigenvalue weighted by Crippen LogP contribution is -2.16. The molecule has 1 rings (SSSR count). The summed E-state index contributed by atoms with van der Waals surface area (Å²) in [5.74, 6) is -1.79. The van der Waals surface area contributed by atoms with Gasteiger partial charge in [-0.05, 0) is 24.6 Å². The van der Waals surface area contributed by atoms with Crippen molar-refractivity contribution >= 4 is 6.41 Å². The molecule has 13 heavy (non-hydrogen) atoms. The minimum absolute atomic E-state index is 0.312. The van der Waals surface area contributed by atoms with Crippen LogP contribution in [0, 0.1) is 11.6 Å². The van der Waals surface area contributed by atoms with Gasteiger partial charge in [-0.3, -0.25) is 4.79 Å². The highest BCUT2D eigenvalue weighted by Gasteiger charge is 2.07. The van der Waals surface area contributed by atoms with E-state index in [1.54, 1.807) is 6.92 Å². The molecule has 0 aromatic heterocycles. The Morgan fingerprint density at radius 2 is 2.08 bits per heavy atom. The van der Waals surface area contributed by atoms with Gasteiger partial charge in [0.05, 0.1) is 6.04 Å². The standard InChI is InChI=1S/C9H9F2NO/c1-6(12-5-13)7-2-3-8(10)9(11)4-7/h2-6H,1H3,(H,12,13)/t6-/m1/s1. The van der Waals surface area contributed by atoms with Crippen molar-refractivity contribution in [2.45, 2.75) is 13.0 Å². The highest BCUT2D eigenvalue weighted by molar-refractivity contribution is 5.47. The maximum Gasteiger partial charge on any atom is 0.207 e. The first-order valence-electron chi connectivity index (χ1n) is 3.80. The Morgan fingerprint density at radius 3 is 2.62 bits per heavy atom. The largest absolute Gasteiger partial charge is 0.352 e. The van der Waals surface area contributed by atoms with Crippen LogP contribution in [0.1, 0.15) is 18.5 Å². The zero-order valence-corrected chi connectivity index (χ0v) is 7.05. The predicted molar refractivity (Wildman–Crippen MR) is 44.0 cm³/mol. The molecular formula is C9H9F2NO. The number of carbonyl (C=O) groups is 1. The number of carbonyl (C=O) groups excluding carboxylic acids is 1. The first-order chi connectivity index (χ1) is 6.15. The second-order valence-corrected chi connectivity index (χ2v) is 2.68. The van der Waals surface area contributed by atoms with Crippen molar-refractivity contribution in [2.24, 2.45) is 0 Å². The van der Waals surface area contributed by atoms with Gasteiger partial charge >= 0.3 is 0 Å². The zero-order valence-electron chi connectivity index (χ0n) is 7.05. The van der Waals surface area contributed by atoms with E-state index in [0.29, 0.717) is 12.0 Å². The summed E-state index contributed by atoms with van der Waals surface area (Å²) in [6.45, 7) is 1.68. The highest BCUT2D eigenvalue weighted by Crippen LogP contribution is 2.15. The van der Waals surface area contributed by atoms with Crippen molar-refractivity contribution in [1.82, 2.24) is 5.32 Å². The fourth-order valence-corrected chi connectivity index (χ4v) is 0.980. The van der Waals surface area contributed by atoms with Gasteiger partial charge < -0.3 is 5.32 Å². The second kappa shape index (κ2) is 3.98. The smallest absolute Gasteiger partial charge is 0.207 e. The van der Waals surface area contributed by atoms with Crippen LogP contribution in [0.5, 0.6) is 0 Å². The summed E-state index contributed by atoms with van der Waals surface area (Å²) in [7, 11) is 0. The number of benzene rings is 1. The number of nitrogens with one attached hydrogen (secondary N) is 1. The number of hydrogen-bond acceptors (Lipinski definition) is 1. The van der Waals surface area contributed by atoms with Crippen LogP contribution >= 0.6 is 0 Å². The SMILES string of the molecule is C[C@@H](NC=O)c1ccc(F)c(F)c1. The van der Waals surface area contributed by atoms with Crippen LogP contribution in [0.15, 0.2) is 18.2 Å². The van der Waals surface area contributed by atoms with E-state index < -0.39 is 11.6 Å². The van der Waals surface area contributed by atoms with E-state index >= 15 is 0 Å². The Labute approximate surface area is 74.6 Å². The van der Waals surface area contributed by atoms with Crippen LogP contribution < -0.4 is 5.32 Å². The maximum absolute atomic E-state index is 12.7. The average Bonchev–Trinajstić information content (AvgIpc) is 2.10. The number of hydrogen-bond donors (Lipinski definition) is 1. The summed E-state index contributed by atoms with van der Waals surface area (Å²) in [5.41, 5.74) is 0.533. The van der Waals surface area contributed by atoms with Crippen molar-refractivity contribution in [1.29, 1.82) is 0 Å². The first-order valence-corrected chi connectivity index (χ1v) is 3.80. The minimum atomic E-state index is -0.906. The molecule has 1 N–H and O–H groups in total. The lowest BCUT2D eigenvalue weighted by atomic mass is 10.1. The third-order valence-corrected chi connectivity index (χ3v) is 1.76. The zero-order chi connectivity index (χ0) is 9.84. The molecular weight excluding hydrogens is 176 g/mol. The van der Waals surface area contributed by atoms with Crippen LogP contribution in [0.3, 0.4) is 0 Å². The molecule has 1 aromatic carbocycles. The Kier molecular flexibility index (Phi) is 2.95. The number of halogens is 2. The molecule has 2 nitrogen and oxygen atoms in total. The van der Waals surface area contributed by atoms with Gasteiger partial charge in [-0.1, -0.05) is 6.07 Å². The quantitative estimate of drug-likeness (QED) is 0.714. The van der Waals surface area contributed by atoms with Crippen molar-refractivity contribution in [2.75, 3.05) is 0 Å². The van der Waals surface area contributed by atoms with E-state index in [4.69, 9.17) is 0 Å². The van der Waals surface area contributed by atoms with Crippen molar-refractivity contribution in [3.63, 3.8) is 0 Å². The maximum atomic E-state index is 12.7. The van der Waals surface area contributed by atoms with E-state index in [1.807, 2.05) is 0 Å². The van der Waals surface area contributed by atoms with Crippen molar-refractivity contribution in [3.8, 4) is 0 Å². The molecule has 0 saturated heterocycles. The molecule has 4 heteroatoms. The number of rotatable bonds is 3. The molecule has 1 aromatic rings. The first kappa shape index (κ1) is 9.64. The average molecular weight is 185 g/mol. The predicted octanol–water partition coefficient (Wildman–Crippen LogP) is 1.77. The van der Waals surface area contributed by atoms with Crippen LogP contribution in [0.25, 0.3) is 0 Å². The Bertz CT molecular complexity index is 314. The van der Waals surface area contributed by atoms with Crippen LogP contribution in [-0.4, -0.2) is 6.41 Å². The lowest BCUT2D eigenvalue weighted by molar-refractivity contribution is -0.110. The van der Waals surface area contributed by atoms with E-state index in [1.165, 1.54) is 6.07 Å². The lowest BCUT2D eigenvalue weighted by Gasteiger charge is -2.10.